The number of piperidine rings is 1. The van der Waals surface area contributed by atoms with Crippen LogP contribution in [0.5, 0.6) is 0 Å². The summed E-state index contributed by atoms with van der Waals surface area (Å²) in [6.07, 6.45) is 5.41. The van der Waals surface area contributed by atoms with Gasteiger partial charge in [-0.25, -0.2) is 8.42 Å². The van der Waals surface area contributed by atoms with Crippen LogP contribution in [0.25, 0.3) is 0 Å². The van der Waals surface area contributed by atoms with Gasteiger partial charge in [-0.05, 0) is 43.4 Å². The zero-order chi connectivity index (χ0) is 20.3. The van der Waals surface area contributed by atoms with E-state index < -0.39 is 10.0 Å². The van der Waals surface area contributed by atoms with Crippen LogP contribution in [0.3, 0.4) is 0 Å². The second kappa shape index (κ2) is 8.49. The Bertz CT molecular complexity index is 911. The van der Waals surface area contributed by atoms with E-state index in [1.807, 2.05) is 6.92 Å². The Hall–Kier alpha value is -2.12. The molecule has 0 bridgehead atoms. The predicted molar refractivity (Wildman–Crippen MR) is 109 cm³/mol. The lowest BCUT2D eigenvalue weighted by Gasteiger charge is -2.31. The number of sulfonamides is 1. The van der Waals surface area contributed by atoms with Gasteiger partial charge in [0.25, 0.3) is 0 Å². The molecule has 7 heteroatoms. The molecule has 0 saturated carbocycles. The highest BCUT2D eigenvalue weighted by molar-refractivity contribution is 7.89. The highest BCUT2D eigenvalue weighted by Gasteiger charge is 2.32. The van der Waals surface area contributed by atoms with Gasteiger partial charge in [-0.2, -0.15) is 4.31 Å². The summed E-state index contributed by atoms with van der Waals surface area (Å²) in [6.45, 7) is 4.84. The molecule has 0 radical (unpaired) electrons. The zero-order valence-electron chi connectivity index (χ0n) is 16.8. The molecule has 0 spiro atoms. The highest BCUT2D eigenvalue weighted by Crippen LogP contribution is 2.25. The van der Waals surface area contributed by atoms with Crippen LogP contribution in [0.2, 0.25) is 0 Å². The van der Waals surface area contributed by atoms with Crippen molar-refractivity contribution in [3.63, 3.8) is 0 Å². The SMILES string of the molecule is CCc1ccc([C@@H](C)NC(=O)C2CCN(S(=O)(=O)c3ccn(C)c3)CC2)cc1. The van der Waals surface area contributed by atoms with Crippen LogP contribution in [0.1, 0.15) is 43.9 Å². The smallest absolute Gasteiger partial charge is 0.244 e. The summed E-state index contributed by atoms with van der Waals surface area (Å²) in [5, 5.41) is 3.08. The molecule has 3 rings (SSSR count). The molecule has 1 N–H and O–H groups in total. The number of carbonyl (C=O) groups excluding carboxylic acids is 1. The first-order chi connectivity index (χ1) is 13.3. The van der Waals surface area contributed by atoms with Crippen molar-refractivity contribution < 1.29 is 13.2 Å². The third kappa shape index (κ3) is 4.47. The van der Waals surface area contributed by atoms with E-state index in [1.165, 1.54) is 9.87 Å². The number of carbonyl (C=O) groups is 1. The van der Waals surface area contributed by atoms with Gasteiger partial charge >= 0.3 is 0 Å². The van der Waals surface area contributed by atoms with Crippen molar-refractivity contribution in [1.82, 2.24) is 14.2 Å². The number of hydrogen-bond acceptors (Lipinski definition) is 3. The first kappa shape index (κ1) is 20.6. The van der Waals surface area contributed by atoms with E-state index >= 15 is 0 Å². The number of aryl methyl sites for hydroxylation is 2. The van der Waals surface area contributed by atoms with Gasteiger partial charge in [-0.1, -0.05) is 31.2 Å². The van der Waals surface area contributed by atoms with Crippen LogP contribution >= 0.6 is 0 Å². The summed E-state index contributed by atoms with van der Waals surface area (Å²) in [5.41, 5.74) is 2.35. The van der Waals surface area contributed by atoms with Gasteiger partial charge in [0.15, 0.2) is 0 Å². The van der Waals surface area contributed by atoms with Gasteiger partial charge in [0.2, 0.25) is 15.9 Å². The van der Waals surface area contributed by atoms with Crippen LogP contribution in [0, 0.1) is 5.92 Å². The molecular formula is C21H29N3O3S. The van der Waals surface area contributed by atoms with Crippen molar-refractivity contribution in [2.75, 3.05) is 13.1 Å². The van der Waals surface area contributed by atoms with Gasteiger partial charge in [-0.15, -0.1) is 0 Å². The monoisotopic (exact) mass is 403 g/mol. The maximum absolute atomic E-state index is 12.7. The Morgan fingerprint density at radius 2 is 1.82 bits per heavy atom. The van der Waals surface area contributed by atoms with E-state index in [4.69, 9.17) is 0 Å². The largest absolute Gasteiger partial charge is 0.356 e. The molecule has 0 aliphatic carbocycles. The molecule has 1 atom stereocenters. The number of aromatic nitrogens is 1. The Kier molecular flexibility index (Phi) is 6.25. The van der Waals surface area contributed by atoms with Gasteiger partial charge in [0, 0.05) is 38.4 Å². The fraction of sp³-hybridized carbons (Fsp3) is 0.476. The third-order valence-electron chi connectivity index (χ3n) is 5.51. The quantitative estimate of drug-likeness (QED) is 0.806. The Labute approximate surface area is 167 Å². The fourth-order valence-electron chi connectivity index (χ4n) is 3.59. The maximum atomic E-state index is 12.7. The number of benzene rings is 1. The highest BCUT2D eigenvalue weighted by atomic mass is 32.2. The van der Waals surface area contributed by atoms with E-state index in [-0.39, 0.29) is 17.9 Å². The summed E-state index contributed by atoms with van der Waals surface area (Å²) in [5.74, 6) is -0.150. The van der Waals surface area contributed by atoms with Gasteiger partial charge in [-0.3, -0.25) is 4.79 Å². The minimum atomic E-state index is -3.48. The third-order valence-corrected chi connectivity index (χ3v) is 7.40. The first-order valence-corrected chi connectivity index (χ1v) is 11.3. The average Bonchev–Trinajstić information content (AvgIpc) is 3.15. The lowest BCUT2D eigenvalue weighted by molar-refractivity contribution is -0.126. The molecule has 1 aliphatic rings. The van der Waals surface area contributed by atoms with Crippen molar-refractivity contribution in [1.29, 1.82) is 0 Å². The summed E-state index contributed by atoms with van der Waals surface area (Å²) < 4.78 is 28.6. The number of rotatable bonds is 6. The molecule has 1 amide bonds. The summed E-state index contributed by atoms with van der Waals surface area (Å²) in [7, 11) is -1.68. The number of nitrogens with one attached hydrogen (secondary N) is 1. The van der Waals surface area contributed by atoms with Gasteiger partial charge < -0.3 is 9.88 Å². The van der Waals surface area contributed by atoms with E-state index in [1.54, 1.807) is 30.1 Å². The van der Waals surface area contributed by atoms with Gasteiger partial charge in [0.1, 0.15) is 0 Å². The number of amides is 1. The molecule has 152 valence electrons. The molecule has 28 heavy (non-hydrogen) atoms. The van der Waals surface area contributed by atoms with E-state index in [0.717, 1.165) is 12.0 Å². The molecule has 0 unspecified atom stereocenters. The van der Waals surface area contributed by atoms with Gasteiger partial charge in [0.05, 0.1) is 10.9 Å². The molecule has 1 aliphatic heterocycles. The first-order valence-electron chi connectivity index (χ1n) is 9.82. The van der Waals surface area contributed by atoms with E-state index in [0.29, 0.717) is 30.8 Å². The standard InChI is InChI=1S/C21H29N3O3S/c1-4-17-5-7-18(8-6-17)16(2)22-21(25)19-9-13-24(14-10-19)28(26,27)20-11-12-23(3)15-20/h5-8,11-12,15-16,19H,4,9-10,13-14H2,1-3H3,(H,22,25)/t16-/m1/s1. The predicted octanol–water partition coefficient (Wildman–Crippen LogP) is 2.87. The van der Waals surface area contributed by atoms with Crippen molar-refractivity contribution in [3.8, 4) is 0 Å². The number of nitrogens with zero attached hydrogens (tertiary/aromatic N) is 2. The molecule has 2 heterocycles. The molecule has 2 aromatic rings. The van der Waals surface area contributed by atoms with Crippen molar-refractivity contribution in [2.24, 2.45) is 13.0 Å². The molecule has 1 aromatic heterocycles. The second-order valence-corrected chi connectivity index (χ2v) is 9.45. The molecular weight excluding hydrogens is 374 g/mol. The molecule has 1 fully saturated rings. The normalized spacial score (nSPS) is 17.4. The van der Waals surface area contributed by atoms with Crippen LogP contribution in [-0.2, 0) is 28.3 Å². The van der Waals surface area contributed by atoms with Crippen LogP contribution < -0.4 is 5.32 Å². The summed E-state index contributed by atoms with van der Waals surface area (Å²) in [6, 6.07) is 9.83. The summed E-state index contributed by atoms with van der Waals surface area (Å²) in [4.78, 5) is 13.0. The van der Waals surface area contributed by atoms with Crippen LogP contribution in [-0.4, -0.2) is 36.3 Å². The Balaban J connectivity index is 1.56. The Morgan fingerprint density at radius 3 is 2.36 bits per heavy atom. The van der Waals surface area contributed by atoms with Crippen molar-refractivity contribution in [2.45, 2.75) is 44.0 Å². The van der Waals surface area contributed by atoms with E-state index in [2.05, 4.69) is 36.5 Å². The molecule has 1 saturated heterocycles. The van der Waals surface area contributed by atoms with Crippen molar-refractivity contribution >= 4 is 15.9 Å². The lowest BCUT2D eigenvalue weighted by Crippen LogP contribution is -2.43. The zero-order valence-corrected chi connectivity index (χ0v) is 17.6. The summed E-state index contributed by atoms with van der Waals surface area (Å²) >= 11 is 0. The lowest BCUT2D eigenvalue weighted by atomic mass is 9.96. The second-order valence-electron chi connectivity index (χ2n) is 7.52. The topological polar surface area (TPSA) is 71.4 Å². The fourth-order valence-corrected chi connectivity index (χ4v) is 5.12. The number of hydrogen-bond donors (Lipinski definition) is 1. The minimum Gasteiger partial charge on any atom is -0.356 e. The van der Waals surface area contributed by atoms with Crippen LogP contribution in [0.4, 0.5) is 0 Å². The van der Waals surface area contributed by atoms with Crippen LogP contribution in [0.15, 0.2) is 47.6 Å². The molecule has 1 aromatic carbocycles. The van der Waals surface area contributed by atoms with Crippen molar-refractivity contribution in [3.05, 3.63) is 53.9 Å². The van der Waals surface area contributed by atoms with E-state index in [9.17, 15) is 13.2 Å². The molecule has 6 nitrogen and oxygen atoms in total. The maximum Gasteiger partial charge on any atom is 0.244 e. The minimum absolute atomic E-state index is 0.00354. The Morgan fingerprint density at radius 1 is 1.18 bits per heavy atom. The average molecular weight is 404 g/mol.